The van der Waals surface area contributed by atoms with Crippen LogP contribution in [0.4, 0.5) is 0 Å². The largest absolute Gasteiger partial charge is 0.468 e. The third kappa shape index (κ3) is 4.59. The number of ether oxygens (including phenoxy) is 2. The minimum atomic E-state index is -1.76. The molecule has 0 aliphatic carbocycles. The van der Waals surface area contributed by atoms with E-state index in [2.05, 4.69) is 9.47 Å². The number of esters is 2. The van der Waals surface area contributed by atoms with Gasteiger partial charge in [0.2, 0.25) is 0 Å². The molecule has 13 heavy (non-hydrogen) atoms. The number of alkyl halides is 2. The standard InChI is InChI=1S/C6H8Cl2O4S/c1-11-4(9)3-13-6(7,8)5(10)12-2/h3H2,1-2H3. The Morgan fingerprint density at radius 3 is 2.23 bits per heavy atom. The van der Waals surface area contributed by atoms with E-state index in [-0.39, 0.29) is 5.75 Å². The van der Waals surface area contributed by atoms with Crippen LogP contribution in [0.25, 0.3) is 0 Å². The molecular weight excluding hydrogens is 239 g/mol. The van der Waals surface area contributed by atoms with E-state index in [0.717, 1.165) is 18.9 Å². The highest BCUT2D eigenvalue weighted by molar-refractivity contribution is 8.04. The summed E-state index contributed by atoms with van der Waals surface area (Å²) in [6.45, 7) is 0. The van der Waals surface area contributed by atoms with Gasteiger partial charge in [-0.15, -0.1) is 0 Å². The van der Waals surface area contributed by atoms with Gasteiger partial charge in [0.15, 0.2) is 0 Å². The second-order valence-corrected chi connectivity index (χ2v) is 4.84. The zero-order chi connectivity index (χ0) is 10.5. The molecule has 0 aliphatic heterocycles. The molecule has 0 aromatic heterocycles. The fourth-order valence-corrected chi connectivity index (χ4v) is 1.49. The lowest BCUT2D eigenvalue weighted by atomic mass is 10.8. The van der Waals surface area contributed by atoms with Gasteiger partial charge in [0.25, 0.3) is 3.67 Å². The molecule has 0 aromatic rings. The third-order valence-electron chi connectivity index (χ3n) is 1.02. The number of halogens is 2. The monoisotopic (exact) mass is 246 g/mol. The van der Waals surface area contributed by atoms with Crippen molar-refractivity contribution in [3.8, 4) is 0 Å². The van der Waals surface area contributed by atoms with Crippen LogP contribution in [0.2, 0.25) is 0 Å². The van der Waals surface area contributed by atoms with Crippen LogP contribution in [0.5, 0.6) is 0 Å². The van der Waals surface area contributed by atoms with Crippen LogP contribution in [0.15, 0.2) is 0 Å². The maximum Gasteiger partial charge on any atom is 0.353 e. The predicted octanol–water partition coefficient (Wildman–Crippen LogP) is 1.20. The van der Waals surface area contributed by atoms with Crippen LogP contribution >= 0.6 is 35.0 Å². The normalized spacial score (nSPS) is 10.8. The summed E-state index contributed by atoms with van der Waals surface area (Å²) in [7, 11) is 2.38. The van der Waals surface area contributed by atoms with Gasteiger partial charge in [-0.2, -0.15) is 0 Å². The molecule has 0 atom stereocenters. The first kappa shape index (κ1) is 12.9. The fraction of sp³-hybridized carbons (Fsp3) is 0.667. The fourth-order valence-electron chi connectivity index (χ4n) is 0.386. The minimum Gasteiger partial charge on any atom is -0.468 e. The number of methoxy groups -OCH3 is 2. The number of hydrogen-bond acceptors (Lipinski definition) is 5. The van der Waals surface area contributed by atoms with E-state index < -0.39 is 15.6 Å². The van der Waals surface area contributed by atoms with Gasteiger partial charge >= 0.3 is 11.9 Å². The zero-order valence-electron chi connectivity index (χ0n) is 7.00. The average Bonchev–Trinajstić information content (AvgIpc) is 2.12. The molecule has 0 amide bonds. The third-order valence-corrected chi connectivity index (χ3v) is 2.89. The van der Waals surface area contributed by atoms with Gasteiger partial charge in [-0.25, -0.2) is 4.79 Å². The molecule has 0 fully saturated rings. The highest BCUT2D eigenvalue weighted by Gasteiger charge is 2.36. The molecule has 0 bridgehead atoms. The summed E-state index contributed by atoms with van der Waals surface area (Å²) in [5.74, 6) is -1.44. The van der Waals surface area contributed by atoms with Crippen molar-refractivity contribution in [3.05, 3.63) is 0 Å². The summed E-state index contributed by atoms with van der Waals surface area (Å²) in [5, 5.41) is 0. The van der Waals surface area contributed by atoms with Crippen LogP contribution in [0, 0.1) is 0 Å². The van der Waals surface area contributed by atoms with Crippen molar-refractivity contribution >= 4 is 46.9 Å². The molecule has 0 spiro atoms. The first-order valence-electron chi connectivity index (χ1n) is 3.11. The Morgan fingerprint density at radius 1 is 1.31 bits per heavy atom. The van der Waals surface area contributed by atoms with Gasteiger partial charge in [-0.1, -0.05) is 35.0 Å². The number of hydrogen-bond donors (Lipinski definition) is 0. The SMILES string of the molecule is COC(=O)CSC(Cl)(Cl)C(=O)OC. The van der Waals surface area contributed by atoms with E-state index in [4.69, 9.17) is 23.2 Å². The van der Waals surface area contributed by atoms with Crippen molar-refractivity contribution in [2.75, 3.05) is 20.0 Å². The van der Waals surface area contributed by atoms with Crippen LogP contribution < -0.4 is 0 Å². The van der Waals surface area contributed by atoms with E-state index in [1.807, 2.05) is 0 Å². The molecule has 0 aromatic carbocycles. The predicted molar refractivity (Wildman–Crippen MR) is 50.9 cm³/mol. The first-order chi connectivity index (χ1) is 5.94. The molecule has 76 valence electrons. The molecule has 4 nitrogen and oxygen atoms in total. The van der Waals surface area contributed by atoms with Gasteiger partial charge in [0.05, 0.1) is 20.0 Å². The van der Waals surface area contributed by atoms with Crippen molar-refractivity contribution in [3.63, 3.8) is 0 Å². The summed E-state index contributed by atoms with van der Waals surface area (Å²) < 4.78 is 6.87. The van der Waals surface area contributed by atoms with E-state index in [9.17, 15) is 9.59 Å². The Kier molecular flexibility index (Phi) is 5.51. The second-order valence-electron chi connectivity index (χ2n) is 1.87. The molecule has 0 radical (unpaired) electrons. The van der Waals surface area contributed by atoms with Gasteiger partial charge in [-0.3, -0.25) is 4.79 Å². The van der Waals surface area contributed by atoms with Crippen molar-refractivity contribution in [1.29, 1.82) is 0 Å². The van der Waals surface area contributed by atoms with Crippen LogP contribution in [0.3, 0.4) is 0 Å². The van der Waals surface area contributed by atoms with Crippen molar-refractivity contribution in [2.45, 2.75) is 3.67 Å². The molecule has 0 N–H and O–H groups in total. The van der Waals surface area contributed by atoms with Crippen LogP contribution in [-0.4, -0.2) is 35.6 Å². The van der Waals surface area contributed by atoms with Crippen molar-refractivity contribution in [1.82, 2.24) is 0 Å². The van der Waals surface area contributed by atoms with Gasteiger partial charge in [-0.05, 0) is 0 Å². The number of thioether (sulfide) groups is 1. The van der Waals surface area contributed by atoms with E-state index in [1.54, 1.807) is 0 Å². The van der Waals surface area contributed by atoms with Crippen LogP contribution in [0.1, 0.15) is 0 Å². The lowest BCUT2D eigenvalue weighted by Gasteiger charge is -2.14. The molecule has 0 rings (SSSR count). The second kappa shape index (κ2) is 5.57. The highest BCUT2D eigenvalue weighted by Crippen LogP contribution is 2.35. The zero-order valence-corrected chi connectivity index (χ0v) is 9.33. The first-order valence-corrected chi connectivity index (χ1v) is 4.85. The number of carbonyl (C=O) groups excluding carboxylic acids is 2. The number of carbonyl (C=O) groups is 2. The number of rotatable bonds is 4. The van der Waals surface area contributed by atoms with Crippen molar-refractivity contribution < 1.29 is 19.1 Å². The lowest BCUT2D eigenvalue weighted by molar-refractivity contribution is -0.139. The molecule has 7 heteroatoms. The van der Waals surface area contributed by atoms with E-state index in [1.165, 1.54) is 7.11 Å². The molecule has 0 heterocycles. The Balaban J connectivity index is 4.03. The van der Waals surface area contributed by atoms with Crippen molar-refractivity contribution in [2.24, 2.45) is 0 Å². The average molecular weight is 247 g/mol. The maximum atomic E-state index is 10.9. The van der Waals surface area contributed by atoms with Gasteiger partial charge < -0.3 is 9.47 Å². The smallest absolute Gasteiger partial charge is 0.353 e. The Bertz CT molecular complexity index is 207. The maximum absolute atomic E-state index is 10.9. The van der Waals surface area contributed by atoms with Crippen LogP contribution in [-0.2, 0) is 19.1 Å². The van der Waals surface area contributed by atoms with E-state index in [0.29, 0.717) is 0 Å². The van der Waals surface area contributed by atoms with E-state index >= 15 is 0 Å². The minimum absolute atomic E-state index is 0.113. The Morgan fingerprint density at radius 2 is 1.85 bits per heavy atom. The summed E-state index contributed by atoms with van der Waals surface area (Å²) in [5.41, 5.74) is 0. The quantitative estimate of drug-likeness (QED) is 0.551. The Hall–Kier alpha value is -0.130. The summed E-state index contributed by atoms with van der Waals surface area (Å²) in [4.78, 5) is 21.5. The summed E-state index contributed by atoms with van der Waals surface area (Å²) >= 11 is 11.8. The highest BCUT2D eigenvalue weighted by atomic mass is 35.5. The lowest BCUT2D eigenvalue weighted by Crippen LogP contribution is -2.25. The molecule has 0 saturated heterocycles. The van der Waals surface area contributed by atoms with Gasteiger partial charge in [0.1, 0.15) is 0 Å². The van der Waals surface area contributed by atoms with Gasteiger partial charge in [0, 0.05) is 0 Å². The molecule has 0 saturated carbocycles. The molecular formula is C6H8Cl2O4S. The topological polar surface area (TPSA) is 52.6 Å². The molecule has 0 aliphatic rings. The Labute approximate surface area is 89.8 Å². The summed E-state index contributed by atoms with van der Waals surface area (Å²) in [6.07, 6.45) is 0. The summed E-state index contributed by atoms with van der Waals surface area (Å²) in [6, 6.07) is 0. The molecule has 0 unspecified atom stereocenters.